The van der Waals surface area contributed by atoms with E-state index in [1.54, 1.807) is 13.2 Å². The zero-order chi connectivity index (χ0) is 18.0. The molecule has 0 saturated carbocycles. The fraction of sp³-hybridized carbons (Fsp3) is 0.412. The molecule has 1 fully saturated rings. The fourth-order valence-corrected chi connectivity index (χ4v) is 3.52. The van der Waals surface area contributed by atoms with E-state index >= 15 is 0 Å². The van der Waals surface area contributed by atoms with Crippen LogP contribution in [0, 0.1) is 6.92 Å². The zero-order valence-corrected chi connectivity index (χ0v) is 15.6. The Labute approximate surface area is 156 Å². The second-order valence-electron chi connectivity index (χ2n) is 5.87. The maximum absolute atomic E-state index is 6.50. The first-order chi connectivity index (χ1) is 12.0. The second kappa shape index (κ2) is 7.64. The molecule has 8 heteroatoms. The molecule has 1 unspecified atom stereocenters. The van der Waals surface area contributed by atoms with Crippen LogP contribution in [-0.4, -0.2) is 36.8 Å². The van der Waals surface area contributed by atoms with Crippen LogP contribution in [0.5, 0.6) is 5.75 Å². The number of halogens is 2. The first-order valence-electron chi connectivity index (χ1n) is 7.98. The van der Waals surface area contributed by atoms with E-state index in [9.17, 15) is 0 Å². The van der Waals surface area contributed by atoms with Gasteiger partial charge in [-0.25, -0.2) is 4.98 Å². The number of aryl methyl sites for hydroxylation is 1. The van der Waals surface area contributed by atoms with Crippen LogP contribution in [0.1, 0.15) is 23.7 Å². The highest BCUT2D eigenvalue weighted by Crippen LogP contribution is 2.38. The van der Waals surface area contributed by atoms with Crippen LogP contribution in [-0.2, 0) is 4.74 Å². The standard InChI is InChI=1S/C17H20Cl2N4O2/c1-10-6-16(22-17(20)21-10)23-4-3-5-25-9-14(23)11-7-13(19)15(24-2)8-12(11)18/h6-8,14H,3-5,9H2,1-2H3,(H2,20,21,22). The molecule has 1 aromatic carbocycles. The number of methoxy groups -OCH3 is 1. The number of aromatic nitrogens is 2. The van der Waals surface area contributed by atoms with Crippen molar-refractivity contribution in [1.29, 1.82) is 0 Å². The minimum absolute atomic E-state index is 0.132. The van der Waals surface area contributed by atoms with Crippen molar-refractivity contribution in [3.8, 4) is 5.75 Å². The average Bonchev–Trinajstić information content (AvgIpc) is 2.81. The van der Waals surface area contributed by atoms with E-state index in [0.29, 0.717) is 29.0 Å². The molecule has 1 saturated heterocycles. The highest BCUT2D eigenvalue weighted by molar-refractivity contribution is 6.34. The number of nitrogen functional groups attached to an aromatic ring is 1. The monoisotopic (exact) mass is 382 g/mol. The second-order valence-corrected chi connectivity index (χ2v) is 6.69. The molecular formula is C17H20Cl2N4O2. The summed E-state index contributed by atoms with van der Waals surface area (Å²) in [5.41, 5.74) is 7.51. The van der Waals surface area contributed by atoms with Gasteiger partial charge in [-0.15, -0.1) is 0 Å². The van der Waals surface area contributed by atoms with Gasteiger partial charge in [0.05, 0.1) is 24.8 Å². The van der Waals surface area contributed by atoms with Gasteiger partial charge in [-0.1, -0.05) is 23.2 Å². The van der Waals surface area contributed by atoms with E-state index in [1.165, 1.54) is 0 Å². The van der Waals surface area contributed by atoms with E-state index in [0.717, 1.165) is 30.0 Å². The lowest BCUT2D eigenvalue weighted by atomic mass is 10.1. The third-order valence-electron chi connectivity index (χ3n) is 4.12. The first-order valence-corrected chi connectivity index (χ1v) is 8.73. The Bertz CT molecular complexity index is 752. The summed E-state index contributed by atoms with van der Waals surface area (Å²) in [7, 11) is 1.56. The van der Waals surface area contributed by atoms with Crippen molar-refractivity contribution < 1.29 is 9.47 Å². The largest absolute Gasteiger partial charge is 0.495 e. The van der Waals surface area contributed by atoms with Crippen molar-refractivity contribution >= 4 is 35.0 Å². The van der Waals surface area contributed by atoms with Gasteiger partial charge in [-0.3, -0.25) is 0 Å². The predicted octanol–water partition coefficient (Wildman–Crippen LogP) is 3.65. The quantitative estimate of drug-likeness (QED) is 0.872. The topological polar surface area (TPSA) is 73.5 Å². The lowest BCUT2D eigenvalue weighted by Gasteiger charge is -2.31. The van der Waals surface area contributed by atoms with E-state index in [1.807, 2.05) is 19.1 Å². The lowest BCUT2D eigenvalue weighted by Crippen LogP contribution is -2.32. The van der Waals surface area contributed by atoms with Crippen molar-refractivity contribution in [2.24, 2.45) is 0 Å². The molecule has 1 aromatic heterocycles. The molecule has 0 aliphatic carbocycles. The summed E-state index contributed by atoms with van der Waals surface area (Å²) in [6.07, 6.45) is 0.876. The third kappa shape index (κ3) is 3.92. The van der Waals surface area contributed by atoms with Gasteiger partial charge in [0.1, 0.15) is 11.6 Å². The Balaban J connectivity index is 2.06. The molecule has 134 valence electrons. The highest BCUT2D eigenvalue weighted by atomic mass is 35.5. The summed E-state index contributed by atoms with van der Waals surface area (Å²) >= 11 is 12.8. The van der Waals surface area contributed by atoms with Gasteiger partial charge >= 0.3 is 0 Å². The van der Waals surface area contributed by atoms with Crippen LogP contribution in [0.15, 0.2) is 18.2 Å². The van der Waals surface area contributed by atoms with Crippen molar-refractivity contribution in [1.82, 2.24) is 9.97 Å². The highest BCUT2D eigenvalue weighted by Gasteiger charge is 2.27. The summed E-state index contributed by atoms with van der Waals surface area (Å²) in [5.74, 6) is 1.54. The summed E-state index contributed by atoms with van der Waals surface area (Å²) < 4.78 is 11.0. The predicted molar refractivity (Wildman–Crippen MR) is 99.7 cm³/mol. The van der Waals surface area contributed by atoms with Crippen LogP contribution in [0.2, 0.25) is 10.0 Å². The average molecular weight is 383 g/mol. The summed E-state index contributed by atoms with van der Waals surface area (Å²) in [6, 6.07) is 5.33. The SMILES string of the molecule is COc1cc(Cl)c(C2COCCCN2c2cc(C)nc(N)n2)cc1Cl. The number of nitrogens with zero attached hydrogens (tertiary/aromatic N) is 3. The van der Waals surface area contributed by atoms with Crippen molar-refractivity contribution in [3.63, 3.8) is 0 Å². The van der Waals surface area contributed by atoms with Gasteiger partial charge < -0.3 is 20.1 Å². The van der Waals surface area contributed by atoms with Gasteiger partial charge in [-0.05, 0) is 25.0 Å². The van der Waals surface area contributed by atoms with Gasteiger partial charge in [0.2, 0.25) is 5.95 Å². The number of ether oxygens (including phenoxy) is 2. The third-order valence-corrected chi connectivity index (χ3v) is 4.74. The van der Waals surface area contributed by atoms with Gasteiger partial charge in [-0.2, -0.15) is 4.98 Å². The van der Waals surface area contributed by atoms with E-state index in [4.69, 9.17) is 38.4 Å². The number of hydrogen-bond donors (Lipinski definition) is 1. The number of rotatable bonds is 3. The molecule has 3 rings (SSSR count). The van der Waals surface area contributed by atoms with Crippen molar-refractivity contribution in [2.45, 2.75) is 19.4 Å². The summed E-state index contributed by atoms with van der Waals surface area (Å²) in [4.78, 5) is 10.7. The minimum Gasteiger partial charge on any atom is -0.495 e. The number of benzene rings is 1. The van der Waals surface area contributed by atoms with Crippen LogP contribution < -0.4 is 15.4 Å². The van der Waals surface area contributed by atoms with Crippen molar-refractivity contribution in [2.75, 3.05) is 37.5 Å². The lowest BCUT2D eigenvalue weighted by molar-refractivity contribution is 0.134. The Morgan fingerprint density at radius 1 is 1.24 bits per heavy atom. The molecule has 2 heterocycles. The molecular weight excluding hydrogens is 363 g/mol. The Kier molecular flexibility index (Phi) is 5.51. The van der Waals surface area contributed by atoms with Gasteiger partial charge in [0, 0.05) is 36.0 Å². The molecule has 1 aliphatic heterocycles. The maximum Gasteiger partial charge on any atom is 0.222 e. The van der Waals surface area contributed by atoms with Crippen LogP contribution >= 0.6 is 23.2 Å². The van der Waals surface area contributed by atoms with E-state index in [-0.39, 0.29) is 12.0 Å². The molecule has 1 atom stereocenters. The molecule has 1 aliphatic rings. The van der Waals surface area contributed by atoms with Crippen LogP contribution in [0.25, 0.3) is 0 Å². The molecule has 25 heavy (non-hydrogen) atoms. The summed E-state index contributed by atoms with van der Waals surface area (Å²) in [5, 5.41) is 1.07. The Hall–Kier alpha value is -1.76. The molecule has 0 spiro atoms. The van der Waals surface area contributed by atoms with Crippen LogP contribution in [0.3, 0.4) is 0 Å². The fourth-order valence-electron chi connectivity index (χ4n) is 2.99. The molecule has 2 N–H and O–H groups in total. The molecule has 0 bridgehead atoms. The zero-order valence-electron chi connectivity index (χ0n) is 14.1. The minimum atomic E-state index is -0.132. The van der Waals surface area contributed by atoms with Gasteiger partial charge in [0.25, 0.3) is 0 Å². The van der Waals surface area contributed by atoms with Gasteiger partial charge in [0.15, 0.2) is 0 Å². The van der Waals surface area contributed by atoms with E-state index in [2.05, 4.69) is 14.9 Å². The van der Waals surface area contributed by atoms with Crippen LogP contribution in [0.4, 0.5) is 11.8 Å². The normalized spacial score (nSPS) is 18.1. The molecule has 0 radical (unpaired) electrons. The Morgan fingerprint density at radius 2 is 2.04 bits per heavy atom. The number of hydrogen-bond acceptors (Lipinski definition) is 6. The summed E-state index contributed by atoms with van der Waals surface area (Å²) in [6.45, 7) is 3.81. The van der Waals surface area contributed by atoms with Crippen molar-refractivity contribution in [3.05, 3.63) is 39.5 Å². The molecule has 6 nitrogen and oxygen atoms in total. The molecule has 0 amide bonds. The maximum atomic E-state index is 6.50. The molecule has 2 aromatic rings. The number of nitrogens with two attached hydrogens (primary N) is 1. The first kappa shape index (κ1) is 18.0. The van der Waals surface area contributed by atoms with E-state index < -0.39 is 0 Å². The smallest absolute Gasteiger partial charge is 0.222 e. The Morgan fingerprint density at radius 3 is 2.76 bits per heavy atom. The number of anilines is 2.